The van der Waals surface area contributed by atoms with Gasteiger partial charge in [-0.05, 0) is 54.8 Å². The molecule has 0 atom stereocenters. The van der Waals surface area contributed by atoms with E-state index in [1.165, 1.54) is 18.9 Å². The van der Waals surface area contributed by atoms with Crippen LogP contribution in [0, 0.1) is 0 Å². The zero-order valence-electron chi connectivity index (χ0n) is 20.3. The molecular formula is C27H24Cl2F3N5O. The fourth-order valence-corrected chi connectivity index (χ4v) is 4.83. The van der Waals surface area contributed by atoms with Crippen molar-refractivity contribution in [3.05, 3.63) is 88.1 Å². The first-order valence-corrected chi connectivity index (χ1v) is 12.9. The molecule has 0 bridgehead atoms. The highest BCUT2D eigenvalue weighted by Crippen LogP contribution is 2.33. The lowest BCUT2D eigenvalue weighted by Crippen LogP contribution is -2.24. The molecule has 5 rings (SSSR count). The Morgan fingerprint density at radius 3 is 2.45 bits per heavy atom. The number of aromatic nitrogens is 3. The van der Waals surface area contributed by atoms with E-state index in [9.17, 15) is 13.2 Å². The number of imidazole rings is 1. The molecule has 1 aliphatic heterocycles. The number of pyridine rings is 1. The molecule has 1 saturated heterocycles. The molecule has 0 radical (unpaired) electrons. The minimum atomic E-state index is -4.57. The summed E-state index contributed by atoms with van der Waals surface area (Å²) in [5, 5.41) is 7.86. The van der Waals surface area contributed by atoms with Crippen LogP contribution in [0.25, 0.3) is 10.9 Å². The predicted octanol–water partition coefficient (Wildman–Crippen LogP) is 7.42. The highest BCUT2D eigenvalue weighted by molar-refractivity contribution is 6.35. The summed E-state index contributed by atoms with van der Waals surface area (Å²) in [6.45, 7) is 1.94. The lowest BCUT2D eigenvalue weighted by molar-refractivity contribution is -0.140. The van der Waals surface area contributed by atoms with Crippen molar-refractivity contribution in [2.45, 2.75) is 38.5 Å². The summed E-state index contributed by atoms with van der Waals surface area (Å²) in [5.74, 6) is 1.21. The van der Waals surface area contributed by atoms with Crippen molar-refractivity contribution in [2.75, 3.05) is 13.1 Å². The van der Waals surface area contributed by atoms with Crippen LogP contribution in [0.15, 0.2) is 66.3 Å². The Kier molecular flexibility index (Phi) is 7.76. The van der Waals surface area contributed by atoms with E-state index in [0.29, 0.717) is 22.0 Å². The average Bonchev–Trinajstić information content (AvgIpc) is 3.30. The van der Waals surface area contributed by atoms with Crippen molar-refractivity contribution < 1.29 is 17.9 Å². The maximum atomic E-state index is 13.0. The Morgan fingerprint density at radius 1 is 0.974 bits per heavy atom. The van der Waals surface area contributed by atoms with Gasteiger partial charge in [0.05, 0.1) is 15.6 Å². The quantitative estimate of drug-likeness (QED) is 0.188. The summed E-state index contributed by atoms with van der Waals surface area (Å²) >= 11 is 12.8. The predicted molar refractivity (Wildman–Crippen MR) is 142 cm³/mol. The highest BCUT2D eigenvalue weighted by Gasteiger charge is 2.33. The van der Waals surface area contributed by atoms with Gasteiger partial charge in [-0.25, -0.2) is 9.97 Å². The van der Waals surface area contributed by atoms with Crippen molar-refractivity contribution in [2.24, 2.45) is 5.10 Å². The van der Waals surface area contributed by atoms with Crippen LogP contribution in [-0.2, 0) is 12.8 Å². The van der Waals surface area contributed by atoms with Crippen molar-refractivity contribution in [3.8, 4) is 5.75 Å². The van der Waals surface area contributed by atoms with Gasteiger partial charge >= 0.3 is 6.18 Å². The zero-order chi connectivity index (χ0) is 26.7. The van der Waals surface area contributed by atoms with E-state index in [2.05, 4.69) is 15.0 Å². The maximum Gasteiger partial charge on any atom is 0.433 e. The lowest BCUT2D eigenvalue weighted by atomic mass is 10.1. The van der Waals surface area contributed by atoms with Crippen LogP contribution in [0.3, 0.4) is 0 Å². The number of ether oxygens (including phenoxy) is 1. The van der Waals surface area contributed by atoms with Crippen LogP contribution in [0.4, 0.5) is 13.2 Å². The number of hydrogen-bond donors (Lipinski definition) is 0. The van der Waals surface area contributed by atoms with E-state index in [0.717, 1.165) is 43.1 Å². The maximum absolute atomic E-state index is 13.0. The lowest BCUT2D eigenvalue weighted by Gasteiger charge is -2.19. The molecule has 38 heavy (non-hydrogen) atoms. The topological polar surface area (TPSA) is 55.5 Å². The average molecular weight is 562 g/mol. The summed E-state index contributed by atoms with van der Waals surface area (Å²) in [7, 11) is 0. The Hall–Kier alpha value is -3.30. The number of halogens is 5. The van der Waals surface area contributed by atoms with E-state index in [1.54, 1.807) is 36.8 Å². The fraction of sp³-hybridized carbons (Fsp3) is 0.296. The molecule has 1 fully saturated rings. The number of benzene rings is 2. The molecular weight excluding hydrogens is 538 g/mol. The summed E-state index contributed by atoms with van der Waals surface area (Å²) in [5.41, 5.74) is 0.605. The second-order valence-electron chi connectivity index (χ2n) is 9.03. The van der Waals surface area contributed by atoms with E-state index in [-0.39, 0.29) is 17.1 Å². The smallest absolute Gasteiger partial charge is 0.433 e. The van der Waals surface area contributed by atoms with Gasteiger partial charge in [0.2, 0.25) is 0 Å². The van der Waals surface area contributed by atoms with Crippen molar-refractivity contribution >= 4 is 39.9 Å². The van der Waals surface area contributed by atoms with Crippen LogP contribution in [-0.4, -0.2) is 38.5 Å². The summed E-state index contributed by atoms with van der Waals surface area (Å²) in [4.78, 5) is 7.84. The molecule has 1 aliphatic rings. The van der Waals surface area contributed by atoms with Crippen molar-refractivity contribution in [1.29, 1.82) is 0 Å². The van der Waals surface area contributed by atoms with Gasteiger partial charge in [-0.15, -0.1) is 0 Å². The molecule has 4 aromatic rings. The van der Waals surface area contributed by atoms with E-state index < -0.39 is 11.9 Å². The summed E-state index contributed by atoms with van der Waals surface area (Å²) < 4.78 is 46.9. The van der Waals surface area contributed by atoms with Gasteiger partial charge in [-0.1, -0.05) is 42.1 Å². The molecule has 0 spiro atoms. The molecule has 11 heteroatoms. The number of hydrazone groups is 1. The van der Waals surface area contributed by atoms with Crippen LogP contribution in [0.2, 0.25) is 10.0 Å². The Morgan fingerprint density at radius 2 is 1.76 bits per heavy atom. The third-order valence-corrected chi connectivity index (χ3v) is 6.89. The Balaban J connectivity index is 1.35. The van der Waals surface area contributed by atoms with E-state index >= 15 is 0 Å². The molecule has 0 amide bonds. The number of hydrogen-bond acceptors (Lipinski definition) is 5. The largest absolute Gasteiger partial charge is 0.489 e. The third kappa shape index (κ3) is 6.05. The Bertz CT molecular complexity index is 1450. The first-order chi connectivity index (χ1) is 18.3. The van der Waals surface area contributed by atoms with Crippen LogP contribution >= 0.6 is 23.2 Å². The second kappa shape index (κ2) is 11.2. The highest BCUT2D eigenvalue weighted by atomic mass is 35.5. The number of fused-ring (bicyclic) bond motifs is 1. The fourth-order valence-electron chi connectivity index (χ4n) is 4.32. The molecule has 3 heterocycles. The van der Waals surface area contributed by atoms with Crippen LogP contribution in [0.5, 0.6) is 5.75 Å². The first-order valence-electron chi connectivity index (χ1n) is 12.2. The second-order valence-corrected chi connectivity index (χ2v) is 9.84. The number of rotatable bonds is 5. The van der Waals surface area contributed by atoms with Gasteiger partial charge in [-0.2, -0.15) is 18.3 Å². The normalized spacial score (nSPS) is 15.1. The molecule has 198 valence electrons. The molecule has 2 aromatic carbocycles. The Labute approximate surface area is 227 Å². The minimum absolute atomic E-state index is 0.0210. The van der Waals surface area contributed by atoms with Crippen molar-refractivity contribution in [1.82, 2.24) is 19.5 Å². The SMILES string of the molecule is FC(F)(F)c1cc(Cl)c2cc(COc3ccc(C(=NN4CCCCCC4)n4ccnc4)c(Cl)c3)ccc2n1. The monoisotopic (exact) mass is 561 g/mol. The molecule has 0 N–H and O–H groups in total. The van der Waals surface area contributed by atoms with E-state index in [1.807, 2.05) is 16.8 Å². The number of nitrogens with zero attached hydrogens (tertiary/aromatic N) is 5. The minimum Gasteiger partial charge on any atom is -0.489 e. The molecule has 0 saturated carbocycles. The van der Waals surface area contributed by atoms with Crippen LogP contribution in [0.1, 0.15) is 42.5 Å². The number of alkyl halides is 3. The summed E-state index contributed by atoms with van der Waals surface area (Å²) in [6, 6.07) is 11.0. The van der Waals surface area contributed by atoms with Gasteiger partial charge in [0, 0.05) is 36.4 Å². The molecule has 6 nitrogen and oxygen atoms in total. The summed E-state index contributed by atoms with van der Waals surface area (Å²) in [6.07, 6.45) is 5.24. The van der Waals surface area contributed by atoms with Gasteiger partial charge in [-0.3, -0.25) is 9.58 Å². The van der Waals surface area contributed by atoms with Gasteiger partial charge in [0.25, 0.3) is 0 Å². The van der Waals surface area contributed by atoms with E-state index in [4.69, 9.17) is 33.0 Å². The van der Waals surface area contributed by atoms with Crippen molar-refractivity contribution in [3.63, 3.8) is 0 Å². The standard InChI is InChI=1S/C27H24Cl2F3N5O/c28-22-14-19(38-16-18-5-8-24-21(13-18)23(29)15-25(34-24)27(30,31)32)6-7-20(22)26(36-12-9-33-17-36)35-37-10-3-1-2-4-11-37/h5-9,12-15,17H,1-4,10-11,16H2. The van der Waals surface area contributed by atoms with Crippen LogP contribution < -0.4 is 4.74 Å². The zero-order valence-corrected chi connectivity index (χ0v) is 21.8. The first kappa shape index (κ1) is 26.3. The van der Waals surface area contributed by atoms with Gasteiger partial charge < -0.3 is 4.74 Å². The molecule has 0 unspecified atom stereocenters. The van der Waals surface area contributed by atoms with Gasteiger partial charge in [0.1, 0.15) is 24.4 Å². The molecule has 0 aliphatic carbocycles. The molecule has 2 aromatic heterocycles. The van der Waals surface area contributed by atoms with Gasteiger partial charge in [0.15, 0.2) is 5.84 Å². The third-order valence-electron chi connectivity index (χ3n) is 6.27.